The molecule has 0 bridgehead atoms. The van der Waals surface area contributed by atoms with Crippen LogP contribution in [0.1, 0.15) is 58.2 Å². The average Bonchev–Trinajstić information content (AvgIpc) is 3.53. The highest BCUT2D eigenvalue weighted by Crippen LogP contribution is 2.44. The van der Waals surface area contributed by atoms with Crippen LogP contribution >= 0.6 is 0 Å². The van der Waals surface area contributed by atoms with Gasteiger partial charge in [0.1, 0.15) is 30.0 Å². The van der Waals surface area contributed by atoms with E-state index in [1.807, 2.05) is 24.3 Å². The maximum atomic E-state index is 11.9. The van der Waals surface area contributed by atoms with E-state index in [-0.39, 0.29) is 24.0 Å². The number of carboxylic acid groups (broad SMARTS) is 1. The molecule has 41 heavy (non-hydrogen) atoms. The number of rotatable bonds is 8. The van der Waals surface area contributed by atoms with Crippen LogP contribution < -0.4 is 19.8 Å². The maximum Gasteiger partial charge on any atom is 0.304 e. The van der Waals surface area contributed by atoms with E-state index in [1.54, 1.807) is 23.9 Å². The van der Waals surface area contributed by atoms with Crippen molar-refractivity contribution in [2.24, 2.45) is 7.05 Å². The van der Waals surface area contributed by atoms with Gasteiger partial charge in [0.15, 0.2) is 0 Å². The van der Waals surface area contributed by atoms with Crippen molar-refractivity contribution in [2.75, 3.05) is 6.61 Å². The molecular formula is C34H33NO6. The van der Waals surface area contributed by atoms with Crippen molar-refractivity contribution in [3.63, 3.8) is 0 Å². The van der Waals surface area contributed by atoms with Crippen LogP contribution in [0.2, 0.25) is 0 Å². The van der Waals surface area contributed by atoms with E-state index in [9.17, 15) is 14.7 Å². The number of aliphatic carboxylic acids is 1. The smallest absolute Gasteiger partial charge is 0.304 e. The van der Waals surface area contributed by atoms with E-state index in [2.05, 4.69) is 44.2 Å². The zero-order valence-electron chi connectivity index (χ0n) is 23.5. The first-order valence-corrected chi connectivity index (χ1v) is 13.9. The molecule has 7 nitrogen and oxygen atoms in total. The van der Waals surface area contributed by atoms with Crippen molar-refractivity contribution >= 4 is 5.97 Å². The molecule has 0 saturated heterocycles. The molecule has 1 aliphatic carbocycles. The fourth-order valence-electron chi connectivity index (χ4n) is 6.13. The van der Waals surface area contributed by atoms with Gasteiger partial charge in [-0.2, -0.15) is 0 Å². The normalized spacial score (nSPS) is 17.0. The molecule has 210 valence electrons. The van der Waals surface area contributed by atoms with Crippen molar-refractivity contribution < 1.29 is 24.1 Å². The van der Waals surface area contributed by atoms with Crippen molar-refractivity contribution in [1.82, 2.24) is 4.57 Å². The summed E-state index contributed by atoms with van der Waals surface area (Å²) in [6.45, 7) is 4.94. The Morgan fingerprint density at radius 2 is 1.83 bits per heavy atom. The van der Waals surface area contributed by atoms with Gasteiger partial charge >= 0.3 is 5.97 Å². The van der Waals surface area contributed by atoms with E-state index in [0.717, 1.165) is 46.6 Å². The van der Waals surface area contributed by atoms with Gasteiger partial charge in [-0.15, -0.1) is 0 Å². The van der Waals surface area contributed by atoms with E-state index >= 15 is 0 Å². The molecule has 2 atom stereocenters. The van der Waals surface area contributed by atoms with Gasteiger partial charge in [-0.1, -0.05) is 24.3 Å². The van der Waals surface area contributed by atoms with E-state index < -0.39 is 5.97 Å². The molecule has 3 aromatic carbocycles. The summed E-state index contributed by atoms with van der Waals surface area (Å²) in [4.78, 5) is 23.1. The summed E-state index contributed by atoms with van der Waals surface area (Å²) >= 11 is 0. The molecule has 6 rings (SSSR count). The van der Waals surface area contributed by atoms with Gasteiger partial charge in [-0.05, 0) is 89.9 Å². The number of fused-ring (bicyclic) bond motifs is 2. The second-order valence-corrected chi connectivity index (χ2v) is 11.0. The molecule has 2 unspecified atom stereocenters. The van der Waals surface area contributed by atoms with Crippen molar-refractivity contribution in [3.05, 3.63) is 111 Å². The highest BCUT2D eigenvalue weighted by Gasteiger charge is 2.30. The predicted octanol–water partition coefficient (Wildman–Crippen LogP) is 6.27. The third-order valence-electron chi connectivity index (χ3n) is 8.13. The number of benzene rings is 3. The number of ether oxygens (including phenoxy) is 3. The lowest BCUT2D eigenvalue weighted by molar-refractivity contribution is -0.137. The Morgan fingerprint density at radius 3 is 2.59 bits per heavy atom. The van der Waals surface area contributed by atoms with Crippen molar-refractivity contribution in [1.29, 1.82) is 0 Å². The monoisotopic (exact) mass is 551 g/mol. The molecule has 0 amide bonds. The Balaban J connectivity index is 1.21. The first-order chi connectivity index (χ1) is 19.8. The quantitative estimate of drug-likeness (QED) is 0.278. The number of carboxylic acids is 1. The lowest BCUT2D eigenvalue weighted by atomic mass is 9.90. The van der Waals surface area contributed by atoms with E-state index in [4.69, 9.17) is 14.2 Å². The van der Waals surface area contributed by atoms with Gasteiger partial charge in [0.25, 0.3) is 5.56 Å². The maximum absolute atomic E-state index is 11.9. The Kier molecular flexibility index (Phi) is 7.03. The van der Waals surface area contributed by atoms with Crippen molar-refractivity contribution in [3.8, 4) is 28.4 Å². The largest absolute Gasteiger partial charge is 0.492 e. The van der Waals surface area contributed by atoms with E-state index in [1.165, 1.54) is 22.3 Å². The molecular weight excluding hydrogens is 518 g/mol. The number of aryl methyl sites for hydroxylation is 3. The summed E-state index contributed by atoms with van der Waals surface area (Å²) in [7, 11) is 1.73. The minimum absolute atomic E-state index is 0.0529. The second-order valence-electron chi connectivity index (χ2n) is 11.0. The van der Waals surface area contributed by atoms with Crippen LogP contribution in [0.4, 0.5) is 0 Å². The average molecular weight is 552 g/mol. The molecule has 1 N–H and O–H groups in total. The van der Waals surface area contributed by atoms with E-state index in [0.29, 0.717) is 19.0 Å². The highest BCUT2D eigenvalue weighted by atomic mass is 16.5. The highest BCUT2D eigenvalue weighted by molar-refractivity contribution is 5.76. The van der Waals surface area contributed by atoms with Crippen LogP contribution in [-0.4, -0.2) is 22.2 Å². The molecule has 2 aliphatic rings. The molecule has 0 saturated carbocycles. The van der Waals surface area contributed by atoms with Crippen LogP contribution in [-0.2, 0) is 24.9 Å². The molecule has 1 aromatic heterocycles. The van der Waals surface area contributed by atoms with Gasteiger partial charge in [0.2, 0.25) is 0 Å². The molecule has 2 heterocycles. The topological polar surface area (TPSA) is 87.0 Å². The van der Waals surface area contributed by atoms with Crippen molar-refractivity contribution in [2.45, 2.75) is 51.7 Å². The van der Waals surface area contributed by atoms with Gasteiger partial charge in [-0.3, -0.25) is 9.59 Å². The van der Waals surface area contributed by atoms with Gasteiger partial charge in [0, 0.05) is 36.9 Å². The summed E-state index contributed by atoms with van der Waals surface area (Å²) in [6, 6.07) is 19.8. The van der Waals surface area contributed by atoms with Gasteiger partial charge < -0.3 is 23.9 Å². The number of nitrogens with zero attached hydrogens (tertiary/aromatic N) is 1. The fraction of sp³-hybridized carbons (Fsp3) is 0.294. The summed E-state index contributed by atoms with van der Waals surface area (Å²) < 4.78 is 19.9. The fourth-order valence-corrected chi connectivity index (χ4v) is 6.13. The standard InChI is InChI=1S/C34H33NO6/c1-20-13-25(39-18-22-11-12-35(3)32(36)15-22)14-21(2)34(20)29-6-4-5-28-27(29)9-10-30(28)41-24-7-8-26-23(16-33(37)38)19-40-31(26)17-24/h4-8,11-15,17,23,30H,9-10,16,18-19H2,1-3H3,(H,37,38). The minimum Gasteiger partial charge on any atom is -0.492 e. The first-order valence-electron chi connectivity index (χ1n) is 13.9. The van der Waals surface area contributed by atoms with Crippen LogP contribution in [0.15, 0.2) is 71.7 Å². The minimum atomic E-state index is -0.821. The van der Waals surface area contributed by atoms with Crippen LogP contribution in [0.25, 0.3) is 11.1 Å². The van der Waals surface area contributed by atoms with Crippen LogP contribution in [0, 0.1) is 13.8 Å². The summed E-state index contributed by atoms with van der Waals surface area (Å²) in [5, 5.41) is 9.18. The Morgan fingerprint density at radius 1 is 1.02 bits per heavy atom. The molecule has 7 heteroatoms. The molecule has 1 aliphatic heterocycles. The summed E-state index contributed by atoms with van der Waals surface area (Å²) in [5.74, 6) is 1.28. The summed E-state index contributed by atoms with van der Waals surface area (Å²) in [5.41, 5.74) is 8.91. The molecule has 0 radical (unpaired) electrons. The lowest BCUT2D eigenvalue weighted by Gasteiger charge is -2.18. The Hall–Kier alpha value is -4.52. The number of carbonyl (C=O) groups is 1. The van der Waals surface area contributed by atoms with Gasteiger partial charge in [0.05, 0.1) is 13.0 Å². The number of pyridine rings is 1. The molecule has 0 spiro atoms. The van der Waals surface area contributed by atoms with Crippen LogP contribution in [0.5, 0.6) is 17.2 Å². The van der Waals surface area contributed by atoms with Gasteiger partial charge in [-0.25, -0.2) is 0 Å². The Labute approximate surface area is 238 Å². The predicted molar refractivity (Wildman–Crippen MR) is 156 cm³/mol. The number of hydrogen-bond donors (Lipinski definition) is 1. The number of aromatic nitrogens is 1. The third-order valence-corrected chi connectivity index (χ3v) is 8.13. The van der Waals surface area contributed by atoms with Crippen LogP contribution in [0.3, 0.4) is 0 Å². The third kappa shape index (κ3) is 5.32. The molecule has 0 fully saturated rings. The molecule has 4 aromatic rings. The zero-order valence-corrected chi connectivity index (χ0v) is 23.5. The lowest BCUT2D eigenvalue weighted by Crippen LogP contribution is -2.15. The SMILES string of the molecule is Cc1cc(OCc2ccn(C)c(=O)c2)cc(C)c1-c1cccc2c1CCC2Oc1ccc2c(c1)OCC2CC(=O)O. The number of hydrogen-bond acceptors (Lipinski definition) is 5. The summed E-state index contributed by atoms with van der Waals surface area (Å²) in [6.07, 6.45) is 3.54. The first kappa shape index (κ1) is 26.7. The zero-order chi connectivity index (χ0) is 28.7. The Bertz CT molecular complexity index is 1680. The second kappa shape index (κ2) is 10.8.